The summed E-state index contributed by atoms with van der Waals surface area (Å²) >= 11 is 1.69. The third-order valence-electron chi connectivity index (χ3n) is 6.38. The van der Waals surface area contributed by atoms with E-state index < -0.39 is 0 Å². The topological polar surface area (TPSA) is 103 Å². The summed E-state index contributed by atoms with van der Waals surface area (Å²) in [6, 6.07) is 6.57. The normalized spacial score (nSPS) is 17.8. The van der Waals surface area contributed by atoms with Gasteiger partial charge in [0.15, 0.2) is 0 Å². The summed E-state index contributed by atoms with van der Waals surface area (Å²) in [6.45, 7) is 2.87. The van der Waals surface area contributed by atoms with Crippen molar-refractivity contribution in [2.24, 2.45) is 5.11 Å². The van der Waals surface area contributed by atoms with E-state index in [2.05, 4.69) is 41.1 Å². The average molecular weight is 436 g/mol. The lowest BCUT2D eigenvalue weighted by atomic mass is 9.91. The molecule has 2 aliphatic rings. The predicted molar refractivity (Wildman–Crippen MR) is 119 cm³/mol. The molecule has 0 saturated heterocycles. The summed E-state index contributed by atoms with van der Waals surface area (Å²) < 4.78 is 2.12. The first-order valence-corrected chi connectivity index (χ1v) is 11.6. The minimum absolute atomic E-state index is 0.0654. The fraction of sp³-hybridized carbons (Fsp3) is 0.455. The Morgan fingerprint density at radius 1 is 1.42 bits per heavy atom. The highest BCUT2D eigenvalue weighted by Gasteiger charge is 2.40. The van der Waals surface area contributed by atoms with Crippen molar-refractivity contribution in [1.82, 2.24) is 19.7 Å². The number of thiophene rings is 1. The van der Waals surface area contributed by atoms with Crippen LogP contribution in [0.3, 0.4) is 0 Å². The number of carbonyl (C=O) groups is 1. The maximum Gasteiger partial charge on any atom is 0.256 e. The molecule has 1 unspecified atom stereocenters. The molecule has 160 valence electrons. The molecule has 5 rings (SSSR count). The van der Waals surface area contributed by atoms with Gasteiger partial charge in [-0.25, -0.2) is 0 Å². The van der Waals surface area contributed by atoms with E-state index in [4.69, 9.17) is 5.53 Å². The average Bonchev–Trinajstić information content (AvgIpc) is 3.15. The minimum Gasteiger partial charge on any atom is -0.343 e. The Morgan fingerprint density at radius 2 is 2.29 bits per heavy atom. The van der Waals surface area contributed by atoms with Gasteiger partial charge in [0, 0.05) is 39.0 Å². The molecule has 3 aromatic heterocycles. The van der Waals surface area contributed by atoms with Crippen molar-refractivity contribution in [3.05, 3.63) is 73.3 Å². The van der Waals surface area contributed by atoms with Crippen LogP contribution in [0.25, 0.3) is 10.4 Å². The second-order valence-corrected chi connectivity index (χ2v) is 9.45. The number of aryl methyl sites for hydroxylation is 2. The number of fused-ring (bicyclic) bond motifs is 1. The highest BCUT2D eigenvalue weighted by Crippen LogP contribution is 2.35. The van der Waals surface area contributed by atoms with Crippen molar-refractivity contribution in [3.8, 4) is 0 Å². The van der Waals surface area contributed by atoms with Crippen LogP contribution in [0.5, 0.6) is 0 Å². The third kappa shape index (κ3) is 3.86. The number of aromatic nitrogens is 3. The molecule has 1 amide bonds. The lowest BCUT2D eigenvalue weighted by molar-refractivity contribution is 0.0641. The van der Waals surface area contributed by atoms with Gasteiger partial charge < -0.3 is 9.47 Å². The van der Waals surface area contributed by atoms with Gasteiger partial charge in [0.05, 0.1) is 24.8 Å². The Kier molecular flexibility index (Phi) is 5.29. The molecular weight excluding hydrogens is 410 g/mol. The number of nitrogens with one attached hydrogen (secondary N) is 1. The zero-order valence-electron chi connectivity index (χ0n) is 17.5. The monoisotopic (exact) mass is 435 g/mol. The minimum atomic E-state index is 0.0654. The number of H-pyrrole nitrogens is 1. The van der Waals surface area contributed by atoms with Crippen molar-refractivity contribution in [3.63, 3.8) is 0 Å². The first-order chi connectivity index (χ1) is 15.2. The second kappa shape index (κ2) is 8.24. The Balaban J connectivity index is 1.48. The summed E-state index contributed by atoms with van der Waals surface area (Å²) in [5.41, 5.74) is 13.8. The van der Waals surface area contributed by atoms with Gasteiger partial charge in [-0.15, -0.1) is 11.3 Å². The fourth-order valence-corrected chi connectivity index (χ4v) is 5.41. The summed E-state index contributed by atoms with van der Waals surface area (Å²) in [6.07, 6.45) is 6.71. The van der Waals surface area contributed by atoms with Crippen LogP contribution < -0.4 is 0 Å². The van der Waals surface area contributed by atoms with Gasteiger partial charge in [0.2, 0.25) is 0 Å². The van der Waals surface area contributed by atoms with Crippen LogP contribution >= 0.6 is 11.3 Å². The predicted octanol–water partition coefficient (Wildman–Crippen LogP) is 4.60. The van der Waals surface area contributed by atoms with Gasteiger partial charge in [-0.1, -0.05) is 11.2 Å². The highest BCUT2D eigenvalue weighted by atomic mass is 32.1. The van der Waals surface area contributed by atoms with E-state index in [9.17, 15) is 4.79 Å². The number of hydrogen-bond donors (Lipinski definition) is 1. The number of hydrogen-bond acceptors (Lipinski definition) is 4. The van der Waals surface area contributed by atoms with Gasteiger partial charge in [-0.3, -0.25) is 9.89 Å². The molecule has 2 aliphatic carbocycles. The van der Waals surface area contributed by atoms with Crippen LogP contribution in [0.15, 0.2) is 34.9 Å². The number of amides is 1. The van der Waals surface area contributed by atoms with Crippen molar-refractivity contribution >= 4 is 17.2 Å². The van der Waals surface area contributed by atoms with Crippen LogP contribution in [0, 0.1) is 6.92 Å². The Bertz CT molecular complexity index is 1130. The Labute approximate surface area is 184 Å². The molecule has 0 aromatic carbocycles. The van der Waals surface area contributed by atoms with E-state index in [0.29, 0.717) is 18.2 Å². The lowest BCUT2D eigenvalue weighted by Crippen LogP contribution is -2.45. The van der Waals surface area contributed by atoms with Crippen molar-refractivity contribution in [2.75, 3.05) is 0 Å². The van der Waals surface area contributed by atoms with Crippen LogP contribution in [-0.2, 0) is 25.9 Å². The van der Waals surface area contributed by atoms with Crippen LogP contribution in [0.4, 0.5) is 0 Å². The summed E-state index contributed by atoms with van der Waals surface area (Å²) in [5, 5.41) is 13.1. The SMILES string of the molecule is Cc1cc(C(=O)N(C2CC2)C2CCc3[nH]ncc3C2)c(CN=[N+]=[N-])n1Cc1cccs1. The number of azide groups is 1. The third-order valence-corrected chi connectivity index (χ3v) is 7.24. The highest BCUT2D eigenvalue weighted by molar-refractivity contribution is 7.09. The molecule has 0 bridgehead atoms. The number of rotatable bonds is 7. The molecule has 9 heteroatoms. The largest absolute Gasteiger partial charge is 0.343 e. The molecule has 3 aromatic rings. The smallest absolute Gasteiger partial charge is 0.256 e. The molecule has 8 nitrogen and oxygen atoms in total. The first-order valence-electron chi connectivity index (χ1n) is 10.7. The maximum atomic E-state index is 13.9. The van der Waals surface area contributed by atoms with Gasteiger partial charge in [0.1, 0.15) is 0 Å². The molecule has 0 aliphatic heterocycles. The van der Waals surface area contributed by atoms with Crippen LogP contribution in [-0.4, -0.2) is 37.7 Å². The van der Waals surface area contributed by atoms with Crippen molar-refractivity contribution in [2.45, 2.75) is 64.2 Å². The Hall–Kier alpha value is -3.03. The van der Waals surface area contributed by atoms with E-state index >= 15 is 0 Å². The quantitative estimate of drug-likeness (QED) is 0.333. The summed E-state index contributed by atoms with van der Waals surface area (Å²) in [7, 11) is 0. The number of nitrogens with zero attached hydrogens (tertiary/aromatic N) is 6. The zero-order chi connectivity index (χ0) is 21.4. The van der Waals surface area contributed by atoms with Crippen LogP contribution in [0.1, 0.15) is 57.1 Å². The lowest BCUT2D eigenvalue weighted by Gasteiger charge is -2.34. The molecule has 3 heterocycles. The number of aromatic amines is 1. The van der Waals surface area contributed by atoms with Crippen molar-refractivity contribution < 1.29 is 4.79 Å². The van der Waals surface area contributed by atoms with Crippen molar-refractivity contribution in [1.29, 1.82) is 0 Å². The van der Waals surface area contributed by atoms with Crippen LogP contribution in [0.2, 0.25) is 0 Å². The van der Waals surface area contributed by atoms with Gasteiger partial charge >= 0.3 is 0 Å². The molecular formula is C22H25N7OS. The molecule has 1 atom stereocenters. The fourth-order valence-electron chi connectivity index (χ4n) is 4.72. The zero-order valence-corrected chi connectivity index (χ0v) is 18.3. The van der Waals surface area contributed by atoms with E-state index in [-0.39, 0.29) is 18.5 Å². The number of carbonyl (C=O) groups excluding carboxylic acids is 1. The molecule has 1 fully saturated rings. The molecule has 1 saturated carbocycles. The van der Waals surface area contributed by atoms with Gasteiger partial charge in [-0.05, 0) is 67.6 Å². The molecule has 1 N–H and O–H groups in total. The molecule has 0 spiro atoms. The second-order valence-electron chi connectivity index (χ2n) is 8.41. The molecule has 31 heavy (non-hydrogen) atoms. The van der Waals surface area contributed by atoms with E-state index in [1.807, 2.05) is 25.3 Å². The summed E-state index contributed by atoms with van der Waals surface area (Å²) in [5.74, 6) is 0.0654. The van der Waals surface area contributed by atoms with E-state index in [1.54, 1.807) is 11.3 Å². The molecule has 0 radical (unpaired) electrons. The van der Waals surface area contributed by atoms with E-state index in [1.165, 1.54) is 16.1 Å². The standard InChI is InChI=1S/C22H25N7OS/c1-14-9-19(21(12-25-27-23)28(14)13-18-3-2-8-31-18)22(30)29(16-4-5-16)17-6-7-20-15(10-17)11-24-26-20/h2-3,8-9,11,16-17H,4-7,10,12-13H2,1H3,(H,24,26). The first kappa shape index (κ1) is 19.9. The Morgan fingerprint density at radius 3 is 3.03 bits per heavy atom. The van der Waals surface area contributed by atoms with Gasteiger partial charge in [-0.2, -0.15) is 5.10 Å². The maximum absolute atomic E-state index is 13.9. The summed E-state index contributed by atoms with van der Waals surface area (Å²) in [4.78, 5) is 20.2. The van der Waals surface area contributed by atoms with Gasteiger partial charge in [0.25, 0.3) is 5.91 Å². The van der Waals surface area contributed by atoms with E-state index in [0.717, 1.165) is 43.5 Å².